The van der Waals surface area contributed by atoms with Gasteiger partial charge in [-0.05, 0) is 35.9 Å². The molecular weight excluding hydrogens is 294 g/mol. The summed E-state index contributed by atoms with van der Waals surface area (Å²) in [4.78, 5) is 22.6. The first-order valence-electron chi connectivity index (χ1n) is 6.02. The number of carbonyl (C=O) groups excluding carboxylic acids is 1. The molecular formula is C15H12ClNO4. The lowest BCUT2D eigenvalue weighted by atomic mass is 10.1. The maximum atomic E-state index is 11.9. The van der Waals surface area contributed by atoms with Crippen LogP contribution in [0, 0.1) is 0 Å². The van der Waals surface area contributed by atoms with E-state index in [9.17, 15) is 9.59 Å². The van der Waals surface area contributed by atoms with Crippen molar-refractivity contribution >= 4 is 29.2 Å². The molecule has 3 N–H and O–H groups in total. The van der Waals surface area contributed by atoms with Gasteiger partial charge in [-0.3, -0.25) is 0 Å². The van der Waals surface area contributed by atoms with Crippen LogP contribution >= 0.6 is 11.6 Å². The third-order valence-electron chi connectivity index (χ3n) is 2.78. The molecule has 0 heterocycles. The molecule has 0 unspecified atom stereocenters. The predicted octanol–water partition coefficient (Wildman–Crippen LogP) is 2.98. The van der Waals surface area contributed by atoms with Crippen LogP contribution in [0.4, 0.5) is 5.69 Å². The number of nitrogens with two attached hydrogens (primary N) is 1. The number of carboxylic acids is 1. The number of carboxylic acid groups (broad SMARTS) is 1. The Bertz CT molecular complexity index is 683. The highest BCUT2D eigenvalue weighted by Crippen LogP contribution is 2.20. The summed E-state index contributed by atoms with van der Waals surface area (Å²) in [6, 6.07) is 10.6. The van der Waals surface area contributed by atoms with Crippen LogP contribution in [0.5, 0.6) is 0 Å². The molecule has 108 valence electrons. The fourth-order valence-electron chi connectivity index (χ4n) is 1.67. The van der Waals surface area contributed by atoms with Gasteiger partial charge in [-0.2, -0.15) is 0 Å². The number of nitrogen functional groups attached to an aromatic ring is 1. The van der Waals surface area contributed by atoms with E-state index in [4.69, 9.17) is 27.2 Å². The van der Waals surface area contributed by atoms with E-state index in [2.05, 4.69) is 0 Å². The van der Waals surface area contributed by atoms with Gasteiger partial charge in [0.15, 0.2) is 0 Å². The van der Waals surface area contributed by atoms with Gasteiger partial charge in [-0.25, -0.2) is 9.59 Å². The molecule has 0 aliphatic carbocycles. The highest BCUT2D eigenvalue weighted by molar-refractivity contribution is 6.33. The van der Waals surface area contributed by atoms with Crippen molar-refractivity contribution in [3.05, 3.63) is 64.2 Å². The second kappa shape index (κ2) is 6.28. The minimum Gasteiger partial charge on any atom is -0.478 e. The lowest BCUT2D eigenvalue weighted by molar-refractivity contribution is 0.0472. The normalized spacial score (nSPS) is 10.1. The highest BCUT2D eigenvalue weighted by Gasteiger charge is 2.12. The van der Waals surface area contributed by atoms with Gasteiger partial charge >= 0.3 is 11.9 Å². The third-order valence-corrected chi connectivity index (χ3v) is 3.11. The Labute approximate surface area is 125 Å². The number of ether oxygens (including phenoxy) is 1. The molecule has 6 heteroatoms. The van der Waals surface area contributed by atoms with Crippen molar-refractivity contribution in [3.63, 3.8) is 0 Å². The van der Waals surface area contributed by atoms with Gasteiger partial charge in [-0.1, -0.05) is 23.7 Å². The number of esters is 1. The number of rotatable bonds is 4. The Hall–Kier alpha value is -2.53. The van der Waals surface area contributed by atoms with Crippen LogP contribution in [0.3, 0.4) is 0 Å². The number of hydrogen-bond acceptors (Lipinski definition) is 4. The van der Waals surface area contributed by atoms with E-state index in [0.717, 1.165) is 0 Å². The van der Waals surface area contributed by atoms with Crippen LogP contribution in [-0.4, -0.2) is 17.0 Å². The Morgan fingerprint density at radius 1 is 1.14 bits per heavy atom. The summed E-state index contributed by atoms with van der Waals surface area (Å²) in [6.07, 6.45) is 0. The molecule has 0 bridgehead atoms. The predicted molar refractivity (Wildman–Crippen MR) is 78.4 cm³/mol. The van der Waals surface area contributed by atoms with E-state index in [1.165, 1.54) is 24.3 Å². The second-order valence-electron chi connectivity index (χ2n) is 4.32. The maximum absolute atomic E-state index is 11.9. The maximum Gasteiger partial charge on any atom is 0.340 e. The minimum atomic E-state index is -1.01. The monoisotopic (exact) mass is 305 g/mol. The number of halogens is 1. The SMILES string of the molecule is Nc1ccc(Cl)c(C(=O)OCc2ccc(C(=O)O)cc2)c1. The number of benzene rings is 2. The lowest BCUT2D eigenvalue weighted by Gasteiger charge is -2.07. The first-order chi connectivity index (χ1) is 9.97. The van der Waals surface area contributed by atoms with Crippen LogP contribution in [0.15, 0.2) is 42.5 Å². The lowest BCUT2D eigenvalue weighted by Crippen LogP contribution is -2.07. The number of hydrogen-bond donors (Lipinski definition) is 2. The van der Waals surface area contributed by atoms with Crippen molar-refractivity contribution in [1.82, 2.24) is 0 Å². The van der Waals surface area contributed by atoms with Crippen LogP contribution in [0.25, 0.3) is 0 Å². The fraction of sp³-hybridized carbons (Fsp3) is 0.0667. The molecule has 2 aromatic carbocycles. The zero-order valence-corrected chi connectivity index (χ0v) is 11.6. The molecule has 0 saturated carbocycles. The summed E-state index contributed by atoms with van der Waals surface area (Å²) in [5, 5.41) is 9.05. The van der Waals surface area contributed by atoms with E-state index >= 15 is 0 Å². The summed E-state index contributed by atoms with van der Waals surface area (Å²) < 4.78 is 5.12. The Balaban J connectivity index is 2.04. The topological polar surface area (TPSA) is 89.6 Å². The number of anilines is 1. The van der Waals surface area contributed by atoms with Crippen molar-refractivity contribution in [1.29, 1.82) is 0 Å². The molecule has 0 fully saturated rings. The van der Waals surface area contributed by atoms with Gasteiger partial charge in [0.25, 0.3) is 0 Å². The van der Waals surface area contributed by atoms with Crippen LogP contribution in [0.2, 0.25) is 5.02 Å². The van der Waals surface area contributed by atoms with Crippen molar-refractivity contribution in [3.8, 4) is 0 Å². The van der Waals surface area contributed by atoms with Gasteiger partial charge in [-0.15, -0.1) is 0 Å². The van der Waals surface area contributed by atoms with Gasteiger partial charge in [0.1, 0.15) is 6.61 Å². The van der Waals surface area contributed by atoms with Crippen LogP contribution in [0.1, 0.15) is 26.3 Å². The van der Waals surface area contributed by atoms with E-state index in [1.54, 1.807) is 18.2 Å². The van der Waals surface area contributed by atoms with E-state index in [-0.39, 0.29) is 22.8 Å². The fourth-order valence-corrected chi connectivity index (χ4v) is 1.86. The summed E-state index contributed by atoms with van der Waals surface area (Å²) in [5.74, 6) is -1.60. The van der Waals surface area contributed by atoms with Gasteiger partial charge in [0, 0.05) is 5.69 Å². The Morgan fingerprint density at radius 2 is 1.81 bits per heavy atom. The number of aromatic carboxylic acids is 1. The zero-order valence-electron chi connectivity index (χ0n) is 10.9. The summed E-state index contributed by atoms with van der Waals surface area (Å²) >= 11 is 5.91. The zero-order chi connectivity index (χ0) is 15.4. The van der Waals surface area contributed by atoms with E-state index in [0.29, 0.717) is 11.3 Å². The quantitative estimate of drug-likeness (QED) is 0.669. The standard InChI is InChI=1S/C15H12ClNO4/c16-13-6-5-11(17)7-12(13)15(20)21-8-9-1-3-10(4-2-9)14(18)19/h1-7H,8,17H2,(H,18,19). The average Bonchev–Trinajstić information content (AvgIpc) is 2.47. The Kier molecular flexibility index (Phi) is 4.45. The average molecular weight is 306 g/mol. The molecule has 0 atom stereocenters. The second-order valence-corrected chi connectivity index (χ2v) is 4.72. The molecule has 0 radical (unpaired) electrons. The minimum absolute atomic E-state index is 0.0177. The van der Waals surface area contributed by atoms with Crippen molar-refractivity contribution in [2.75, 3.05) is 5.73 Å². The third kappa shape index (κ3) is 3.73. The van der Waals surface area contributed by atoms with Gasteiger partial charge < -0.3 is 15.6 Å². The smallest absolute Gasteiger partial charge is 0.340 e. The molecule has 0 aliphatic heterocycles. The molecule has 0 saturated heterocycles. The molecule has 0 amide bonds. The molecule has 0 aromatic heterocycles. The molecule has 0 aliphatic rings. The summed E-state index contributed by atoms with van der Waals surface area (Å²) in [6.45, 7) is 0.0177. The van der Waals surface area contributed by atoms with Crippen LogP contribution in [-0.2, 0) is 11.3 Å². The molecule has 0 spiro atoms. The van der Waals surface area contributed by atoms with Crippen molar-refractivity contribution in [2.45, 2.75) is 6.61 Å². The molecule has 5 nitrogen and oxygen atoms in total. The molecule has 21 heavy (non-hydrogen) atoms. The first kappa shape index (κ1) is 14.9. The molecule has 2 aromatic rings. The van der Waals surface area contributed by atoms with Crippen LogP contribution < -0.4 is 5.73 Å². The van der Waals surface area contributed by atoms with Gasteiger partial charge in [0.05, 0.1) is 16.1 Å². The molecule has 2 rings (SSSR count). The van der Waals surface area contributed by atoms with Crippen molar-refractivity contribution in [2.24, 2.45) is 0 Å². The van der Waals surface area contributed by atoms with E-state index < -0.39 is 11.9 Å². The Morgan fingerprint density at radius 3 is 2.43 bits per heavy atom. The largest absolute Gasteiger partial charge is 0.478 e. The summed E-state index contributed by atoms with van der Waals surface area (Å²) in [7, 11) is 0. The summed E-state index contributed by atoms with van der Waals surface area (Å²) in [5.41, 5.74) is 7.05. The van der Waals surface area contributed by atoms with E-state index in [1.807, 2.05) is 0 Å². The van der Waals surface area contributed by atoms with Crippen molar-refractivity contribution < 1.29 is 19.4 Å². The highest BCUT2D eigenvalue weighted by atomic mass is 35.5. The van der Waals surface area contributed by atoms with Gasteiger partial charge in [0.2, 0.25) is 0 Å². The number of carbonyl (C=O) groups is 2. The first-order valence-corrected chi connectivity index (χ1v) is 6.39.